The molecule has 1 aliphatic heterocycles. The summed E-state index contributed by atoms with van der Waals surface area (Å²) in [7, 11) is 1.90. The third-order valence-corrected chi connectivity index (χ3v) is 4.24. The number of nitrogens with one attached hydrogen (secondary N) is 1. The molecule has 1 N–H and O–H groups in total. The van der Waals surface area contributed by atoms with Crippen molar-refractivity contribution >= 4 is 5.69 Å². The molecule has 2 nitrogen and oxygen atoms in total. The molecule has 0 saturated heterocycles. The number of nitrogens with zero attached hydrogens (tertiary/aromatic N) is 1. The lowest BCUT2D eigenvalue weighted by Crippen LogP contribution is -2.37. The summed E-state index contributed by atoms with van der Waals surface area (Å²) in [5.41, 5.74) is 3.43. The highest BCUT2D eigenvalue weighted by Gasteiger charge is 2.21. The Hall–Kier alpha value is -1.87. The van der Waals surface area contributed by atoms with E-state index >= 15 is 0 Å². The highest BCUT2D eigenvalue weighted by atomic mass is 19.1. The van der Waals surface area contributed by atoms with Gasteiger partial charge in [-0.3, -0.25) is 0 Å². The fourth-order valence-corrected chi connectivity index (χ4v) is 3.12. The smallest absolute Gasteiger partial charge is 0.128 e. The summed E-state index contributed by atoms with van der Waals surface area (Å²) in [6.45, 7) is 1.82. The minimum atomic E-state index is -0.137. The molecule has 0 fully saturated rings. The molecule has 1 unspecified atom stereocenters. The topological polar surface area (TPSA) is 15.3 Å². The molecule has 2 aromatic rings. The minimum absolute atomic E-state index is 0.00245. The Bertz CT molecular complexity index is 612. The molecule has 1 heterocycles. The van der Waals surface area contributed by atoms with Gasteiger partial charge >= 0.3 is 0 Å². The van der Waals surface area contributed by atoms with Crippen molar-refractivity contribution in [1.29, 1.82) is 0 Å². The van der Waals surface area contributed by atoms with Gasteiger partial charge in [-0.25, -0.2) is 4.39 Å². The van der Waals surface area contributed by atoms with E-state index < -0.39 is 0 Å². The molecule has 0 bridgehead atoms. The summed E-state index contributed by atoms with van der Waals surface area (Å²) in [6, 6.07) is 15.6. The highest BCUT2D eigenvalue weighted by molar-refractivity contribution is 5.55. The van der Waals surface area contributed by atoms with Crippen LogP contribution in [0, 0.1) is 5.82 Å². The van der Waals surface area contributed by atoms with Crippen molar-refractivity contribution in [3.05, 3.63) is 65.5 Å². The quantitative estimate of drug-likeness (QED) is 0.924. The van der Waals surface area contributed by atoms with E-state index in [2.05, 4.69) is 34.5 Å². The number of likely N-dealkylation sites (N-methyl/N-ethyl adjacent to an activating group) is 1. The van der Waals surface area contributed by atoms with Gasteiger partial charge in [-0.1, -0.05) is 36.4 Å². The van der Waals surface area contributed by atoms with Gasteiger partial charge in [-0.15, -0.1) is 0 Å². The molecule has 0 radical (unpaired) electrons. The van der Waals surface area contributed by atoms with E-state index in [-0.39, 0.29) is 11.9 Å². The van der Waals surface area contributed by atoms with Crippen LogP contribution in [-0.4, -0.2) is 20.1 Å². The maximum atomic E-state index is 14.0. The van der Waals surface area contributed by atoms with Crippen molar-refractivity contribution < 1.29 is 4.39 Å². The molecule has 1 aliphatic rings. The van der Waals surface area contributed by atoms with Gasteiger partial charge in [0.25, 0.3) is 0 Å². The monoisotopic (exact) mass is 284 g/mol. The molecule has 110 valence electrons. The molecule has 0 spiro atoms. The first-order valence-corrected chi connectivity index (χ1v) is 7.54. The number of rotatable bonds is 4. The van der Waals surface area contributed by atoms with Gasteiger partial charge in [0.2, 0.25) is 0 Å². The van der Waals surface area contributed by atoms with Gasteiger partial charge < -0.3 is 10.2 Å². The normalized spacial score (nSPS) is 15.6. The number of hydrogen-bond donors (Lipinski definition) is 1. The summed E-state index contributed by atoms with van der Waals surface area (Å²) in [5.74, 6) is -0.137. The minimum Gasteiger partial charge on any atom is -0.369 e. The van der Waals surface area contributed by atoms with Crippen molar-refractivity contribution in [3.8, 4) is 0 Å². The van der Waals surface area contributed by atoms with Crippen LogP contribution >= 0.6 is 0 Å². The number of hydrogen-bond acceptors (Lipinski definition) is 2. The fourth-order valence-electron chi connectivity index (χ4n) is 3.12. The Morgan fingerprint density at radius 3 is 2.71 bits per heavy atom. The molecule has 3 heteroatoms. The Morgan fingerprint density at radius 2 is 1.90 bits per heavy atom. The Labute approximate surface area is 125 Å². The summed E-state index contributed by atoms with van der Waals surface area (Å²) in [6.07, 6.45) is 2.29. The first-order chi connectivity index (χ1) is 10.3. The van der Waals surface area contributed by atoms with Crippen molar-refractivity contribution in [1.82, 2.24) is 5.32 Å². The lowest BCUT2D eigenvalue weighted by atomic mass is 9.99. The second kappa shape index (κ2) is 6.27. The van der Waals surface area contributed by atoms with Crippen LogP contribution in [-0.2, 0) is 6.42 Å². The molecule has 0 amide bonds. The van der Waals surface area contributed by atoms with Gasteiger partial charge in [0.15, 0.2) is 0 Å². The SMILES string of the molecule is CNC(CN1CCCc2ccccc21)c1ccccc1F. The highest BCUT2D eigenvalue weighted by Crippen LogP contribution is 2.29. The Morgan fingerprint density at radius 1 is 1.14 bits per heavy atom. The second-order valence-corrected chi connectivity index (χ2v) is 5.54. The summed E-state index contributed by atoms with van der Waals surface area (Å²) < 4.78 is 14.0. The molecule has 3 rings (SSSR count). The molecular weight excluding hydrogens is 263 g/mol. The van der Waals surface area contributed by atoms with Crippen molar-refractivity contribution in [2.24, 2.45) is 0 Å². The maximum Gasteiger partial charge on any atom is 0.128 e. The van der Waals surface area contributed by atoms with Gasteiger partial charge in [-0.05, 0) is 37.6 Å². The number of aryl methyl sites for hydroxylation is 1. The zero-order valence-corrected chi connectivity index (χ0v) is 12.3. The van der Waals surface area contributed by atoms with Crippen LogP contribution in [0.3, 0.4) is 0 Å². The van der Waals surface area contributed by atoms with E-state index in [1.165, 1.54) is 17.3 Å². The third-order valence-electron chi connectivity index (χ3n) is 4.24. The van der Waals surface area contributed by atoms with Gasteiger partial charge in [0.1, 0.15) is 5.82 Å². The lowest BCUT2D eigenvalue weighted by Gasteiger charge is -2.34. The summed E-state index contributed by atoms with van der Waals surface area (Å²) in [4.78, 5) is 2.37. The molecule has 1 atom stereocenters. The molecule has 0 aromatic heterocycles. The molecule has 0 saturated carbocycles. The molecular formula is C18H21FN2. The van der Waals surface area contributed by atoms with Gasteiger partial charge in [-0.2, -0.15) is 0 Å². The number of benzene rings is 2. The lowest BCUT2D eigenvalue weighted by molar-refractivity contribution is 0.518. The van der Waals surface area contributed by atoms with Crippen LogP contribution in [0.1, 0.15) is 23.6 Å². The van der Waals surface area contributed by atoms with Crippen LogP contribution in [0.4, 0.5) is 10.1 Å². The van der Waals surface area contributed by atoms with Crippen LogP contribution < -0.4 is 10.2 Å². The number of fused-ring (bicyclic) bond motifs is 1. The molecule has 21 heavy (non-hydrogen) atoms. The standard InChI is InChI=1S/C18H21FN2/c1-20-17(15-9-3-4-10-16(15)19)13-21-12-6-8-14-7-2-5-11-18(14)21/h2-5,7,9-11,17,20H,6,8,12-13H2,1H3. The van der Waals surface area contributed by atoms with E-state index in [1.54, 1.807) is 6.07 Å². The van der Waals surface area contributed by atoms with Crippen LogP contribution in [0.15, 0.2) is 48.5 Å². The zero-order valence-electron chi connectivity index (χ0n) is 12.3. The van der Waals surface area contributed by atoms with Gasteiger partial charge in [0, 0.05) is 24.3 Å². The van der Waals surface area contributed by atoms with Crippen LogP contribution in [0.2, 0.25) is 0 Å². The third kappa shape index (κ3) is 2.93. The number of para-hydroxylation sites is 1. The molecule has 2 aromatic carbocycles. The second-order valence-electron chi connectivity index (χ2n) is 5.54. The summed E-state index contributed by atoms with van der Waals surface area (Å²) >= 11 is 0. The van der Waals surface area contributed by atoms with E-state index in [9.17, 15) is 4.39 Å². The predicted molar refractivity (Wildman–Crippen MR) is 85.2 cm³/mol. The average Bonchev–Trinajstić information content (AvgIpc) is 2.53. The van der Waals surface area contributed by atoms with Crippen molar-refractivity contribution in [2.45, 2.75) is 18.9 Å². The van der Waals surface area contributed by atoms with Gasteiger partial charge in [0.05, 0.1) is 6.04 Å². The average molecular weight is 284 g/mol. The van der Waals surface area contributed by atoms with E-state index in [4.69, 9.17) is 0 Å². The predicted octanol–water partition coefficient (Wildman–Crippen LogP) is 3.54. The van der Waals surface area contributed by atoms with E-state index in [0.29, 0.717) is 0 Å². The van der Waals surface area contributed by atoms with Crippen LogP contribution in [0.25, 0.3) is 0 Å². The fraction of sp³-hybridized carbons (Fsp3) is 0.333. The number of anilines is 1. The van der Waals surface area contributed by atoms with Crippen molar-refractivity contribution in [3.63, 3.8) is 0 Å². The first-order valence-electron chi connectivity index (χ1n) is 7.54. The van der Waals surface area contributed by atoms with E-state index in [1.807, 2.05) is 19.2 Å². The summed E-state index contributed by atoms with van der Waals surface area (Å²) in [5, 5.41) is 3.26. The maximum absolute atomic E-state index is 14.0. The van der Waals surface area contributed by atoms with Crippen molar-refractivity contribution in [2.75, 3.05) is 25.0 Å². The van der Waals surface area contributed by atoms with Crippen LogP contribution in [0.5, 0.6) is 0 Å². The molecule has 0 aliphatic carbocycles. The Kier molecular flexibility index (Phi) is 4.20. The first kappa shape index (κ1) is 14.1. The largest absolute Gasteiger partial charge is 0.369 e. The van der Waals surface area contributed by atoms with E-state index in [0.717, 1.165) is 31.5 Å². The zero-order chi connectivity index (χ0) is 14.7. The Balaban J connectivity index is 1.84. The number of halogens is 1.